The number of aliphatic hydroxyl groups is 1. The molecule has 106 valence electrons. The molecule has 0 amide bonds. The summed E-state index contributed by atoms with van der Waals surface area (Å²) in [6, 6.07) is 13.4. The molecule has 0 heterocycles. The van der Waals surface area contributed by atoms with Gasteiger partial charge in [-0.25, -0.2) is 0 Å². The van der Waals surface area contributed by atoms with Crippen LogP contribution in [0.4, 0.5) is 0 Å². The largest absolute Gasteiger partial charge is 0.496 e. The molecule has 1 N–H and O–H groups in total. The summed E-state index contributed by atoms with van der Waals surface area (Å²) in [7, 11) is 1.62. The third kappa shape index (κ3) is 3.33. The highest BCUT2D eigenvalue weighted by Crippen LogP contribution is 2.33. The highest BCUT2D eigenvalue weighted by Gasteiger charge is 2.27. The standard InChI is InChI=1S/C17H19ClO2/c1-12-4-9-16(20-3)15(10-12)17(2,19)11-13-5-7-14(18)8-6-13/h4-10,19H,11H2,1-3H3. The van der Waals surface area contributed by atoms with Gasteiger partial charge in [0.2, 0.25) is 0 Å². The molecule has 20 heavy (non-hydrogen) atoms. The van der Waals surface area contributed by atoms with E-state index in [0.29, 0.717) is 17.2 Å². The topological polar surface area (TPSA) is 29.5 Å². The van der Waals surface area contributed by atoms with Gasteiger partial charge in [-0.2, -0.15) is 0 Å². The minimum atomic E-state index is -0.995. The lowest BCUT2D eigenvalue weighted by atomic mass is 9.87. The van der Waals surface area contributed by atoms with Crippen LogP contribution in [0.25, 0.3) is 0 Å². The van der Waals surface area contributed by atoms with Gasteiger partial charge in [0.1, 0.15) is 5.75 Å². The Morgan fingerprint density at radius 1 is 1.15 bits per heavy atom. The summed E-state index contributed by atoms with van der Waals surface area (Å²) in [4.78, 5) is 0. The maximum absolute atomic E-state index is 10.8. The summed E-state index contributed by atoms with van der Waals surface area (Å²) in [6.45, 7) is 3.81. The number of hydrogen-bond acceptors (Lipinski definition) is 2. The van der Waals surface area contributed by atoms with E-state index in [4.69, 9.17) is 16.3 Å². The fourth-order valence-electron chi connectivity index (χ4n) is 2.34. The zero-order valence-electron chi connectivity index (χ0n) is 12.0. The van der Waals surface area contributed by atoms with Crippen molar-refractivity contribution >= 4 is 11.6 Å². The summed E-state index contributed by atoms with van der Waals surface area (Å²) >= 11 is 5.89. The smallest absolute Gasteiger partial charge is 0.124 e. The van der Waals surface area contributed by atoms with Crippen molar-refractivity contribution in [3.8, 4) is 5.75 Å². The summed E-state index contributed by atoms with van der Waals surface area (Å²) in [5, 5.41) is 11.5. The lowest BCUT2D eigenvalue weighted by Crippen LogP contribution is -2.25. The highest BCUT2D eigenvalue weighted by molar-refractivity contribution is 6.30. The van der Waals surface area contributed by atoms with Gasteiger partial charge in [-0.05, 0) is 43.7 Å². The molecule has 0 saturated carbocycles. The molecule has 1 unspecified atom stereocenters. The van der Waals surface area contributed by atoms with E-state index in [1.165, 1.54) is 0 Å². The molecule has 2 rings (SSSR count). The van der Waals surface area contributed by atoms with Gasteiger partial charge in [0.15, 0.2) is 0 Å². The second-order valence-corrected chi connectivity index (χ2v) is 5.72. The fourth-order valence-corrected chi connectivity index (χ4v) is 2.46. The number of aryl methyl sites for hydroxylation is 1. The van der Waals surface area contributed by atoms with Crippen LogP contribution in [-0.2, 0) is 12.0 Å². The van der Waals surface area contributed by atoms with Crippen LogP contribution in [0.3, 0.4) is 0 Å². The lowest BCUT2D eigenvalue weighted by molar-refractivity contribution is 0.0549. The molecule has 0 aromatic heterocycles. The first kappa shape index (κ1) is 14.9. The van der Waals surface area contributed by atoms with Crippen molar-refractivity contribution in [2.45, 2.75) is 25.9 Å². The van der Waals surface area contributed by atoms with Crippen LogP contribution in [-0.4, -0.2) is 12.2 Å². The van der Waals surface area contributed by atoms with Gasteiger partial charge < -0.3 is 9.84 Å². The van der Waals surface area contributed by atoms with Crippen molar-refractivity contribution in [3.63, 3.8) is 0 Å². The molecule has 2 aromatic carbocycles. The number of benzene rings is 2. The van der Waals surface area contributed by atoms with Gasteiger partial charge in [-0.1, -0.05) is 35.4 Å². The van der Waals surface area contributed by atoms with E-state index in [-0.39, 0.29) is 0 Å². The predicted molar refractivity (Wildman–Crippen MR) is 82.5 cm³/mol. The first-order valence-corrected chi connectivity index (χ1v) is 6.92. The molecule has 0 bridgehead atoms. The maximum Gasteiger partial charge on any atom is 0.124 e. The molecule has 0 spiro atoms. The fraction of sp³-hybridized carbons (Fsp3) is 0.294. The first-order chi connectivity index (χ1) is 9.42. The van der Waals surface area contributed by atoms with Crippen molar-refractivity contribution in [2.75, 3.05) is 7.11 Å². The summed E-state index contributed by atoms with van der Waals surface area (Å²) in [5.41, 5.74) is 1.93. The Morgan fingerprint density at radius 3 is 2.40 bits per heavy atom. The van der Waals surface area contributed by atoms with Crippen LogP contribution >= 0.6 is 11.6 Å². The summed E-state index contributed by atoms with van der Waals surface area (Å²) < 4.78 is 5.36. The molecule has 0 fully saturated rings. The van der Waals surface area contributed by atoms with Crippen molar-refractivity contribution in [2.24, 2.45) is 0 Å². The van der Waals surface area contributed by atoms with E-state index in [1.54, 1.807) is 14.0 Å². The monoisotopic (exact) mass is 290 g/mol. The number of rotatable bonds is 4. The molecule has 2 aromatic rings. The van der Waals surface area contributed by atoms with Crippen LogP contribution in [0, 0.1) is 6.92 Å². The average molecular weight is 291 g/mol. The van der Waals surface area contributed by atoms with E-state index in [1.807, 2.05) is 49.4 Å². The zero-order chi connectivity index (χ0) is 14.8. The Bertz CT molecular complexity index is 588. The molecule has 0 saturated heterocycles. The molecule has 0 aliphatic carbocycles. The Hall–Kier alpha value is -1.51. The van der Waals surface area contributed by atoms with E-state index in [9.17, 15) is 5.11 Å². The van der Waals surface area contributed by atoms with Gasteiger partial charge in [0.05, 0.1) is 12.7 Å². The molecule has 0 aliphatic heterocycles. The van der Waals surface area contributed by atoms with Crippen molar-refractivity contribution < 1.29 is 9.84 Å². The molecular weight excluding hydrogens is 272 g/mol. The second kappa shape index (κ2) is 5.86. The third-order valence-electron chi connectivity index (χ3n) is 3.40. The van der Waals surface area contributed by atoms with Crippen LogP contribution in [0.2, 0.25) is 5.02 Å². The Kier molecular flexibility index (Phi) is 4.36. The van der Waals surface area contributed by atoms with Crippen molar-refractivity contribution in [3.05, 3.63) is 64.2 Å². The van der Waals surface area contributed by atoms with Crippen LogP contribution in [0.5, 0.6) is 5.75 Å². The van der Waals surface area contributed by atoms with E-state index in [2.05, 4.69) is 0 Å². The molecule has 3 heteroatoms. The van der Waals surface area contributed by atoms with Gasteiger partial charge >= 0.3 is 0 Å². The van der Waals surface area contributed by atoms with Gasteiger partial charge in [0, 0.05) is 17.0 Å². The molecule has 1 atom stereocenters. The molecule has 0 aliphatic rings. The number of methoxy groups -OCH3 is 1. The first-order valence-electron chi connectivity index (χ1n) is 6.54. The summed E-state index contributed by atoms with van der Waals surface area (Å²) in [5.74, 6) is 0.703. The minimum absolute atomic E-state index is 0.504. The van der Waals surface area contributed by atoms with Crippen molar-refractivity contribution in [1.29, 1.82) is 0 Å². The van der Waals surface area contributed by atoms with Crippen molar-refractivity contribution in [1.82, 2.24) is 0 Å². The van der Waals surface area contributed by atoms with Gasteiger partial charge in [0.25, 0.3) is 0 Å². The van der Waals surface area contributed by atoms with E-state index < -0.39 is 5.60 Å². The molecule has 2 nitrogen and oxygen atoms in total. The SMILES string of the molecule is COc1ccc(C)cc1C(C)(O)Cc1ccc(Cl)cc1. The second-order valence-electron chi connectivity index (χ2n) is 5.28. The Balaban J connectivity index is 2.34. The zero-order valence-corrected chi connectivity index (χ0v) is 12.7. The predicted octanol–water partition coefficient (Wildman–Crippen LogP) is 4.11. The maximum atomic E-state index is 10.8. The van der Waals surface area contributed by atoms with E-state index >= 15 is 0 Å². The lowest BCUT2D eigenvalue weighted by Gasteiger charge is -2.26. The Labute approximate surface area is 125 Å². The summed E-state index contributed by atoms with van der Waals surface area (Å²) in [6.07, 6.45) is 0.504. The van der Waals surface area contributed by atoms with Crippen LogP contribution in [0.1, 0.15) is 23.6 Å². The number of hydrogen-bond donors (Lipinski definition) is 1. The quantitative estimate of drug-likeness (QED) is 0.918. The highest BCUT2D eigenvalue weighted by atomic mass is 35.5. The third-order valence-corrected chi connectivity index (χ3v) is 3.65. The minimum Gasteiger partial charge on any atom is -0.496 e. The van der Waals surface area contributed by atoms with Crippen LogP contribution < -0.4 is 4.74 Å². The number of ether oxygens (including phenoxy) is 1. The van der Waals surface area contributed by atoms with Gasteiger partial charge in [-0.15, -0.1) is 0 Å². The number of halogens is 1. The average Bonchev–Trinajstić information content (AvgIpc) is 2.41. The van der Waals surface area contributed by atoms with Crippen LogP contribution in [0.15, 0.2) is 42.5 Å². The molecule has 0 radical (unpaired) electrons. The molecular formula is C17H19ClO2. The normalized spacial score (nSPS) is 13.8. The van der Waals surface area contributed by atoms with Gasteiger partial charge in [-0.3, -0.25) is 0 Å². The Morgan fingerprint density at radius 2 is 1.80 bits per heavy atom. The van der Waals surface area contributed by atoms with E-state index in [0.717, 1.165) is 16.7 Å².